The molecule has 0 saturated heterocycles. The van der Waals surface area contributed by atoms with Gasteiger partial charge in [-0.25, -0.2) is 14.6 Å². The van der Waals surface area contributed by atoms with Crippen molar-refractivity contribution in [1.82, 2.24) is 20.2 Å². The van der Waals surface area contributed by atoms with Crippen LogP contribution < -0.4 is 16.0 Å². The first-order chi connectivity index (χ1) is 19.3. The van der Waals surface area contributed by atoms with E-state index in [1.165, 1.54) is 37.7 Å². The zero-order chi connectivity index (χ0) is 30.2. The van der Waals surface area contributed by atoms with E-state index in [0.717, 1.165) is 5.56 Å². The van der Waals surface area contributed by atoms with Gasteiger partial charge in [-0.15, -0.1) is 0 Å². The molecule has 41 heavy (non-hydrogen) atoms. The average Bonchev–Trinajstić information content (AvgIpc) is 3.55. The van der Waals surface area contributed by atoms with Crippen LogP contribution in [0.25, 0.3) is 0 Å². The van der Waals surface area contributed by atoms with E-state index in [9.17, 15) is 19.2 Å². The van der Waals surface area contributed by atoms with Crippen LogP contribution in [0.1, 0.15) is 58.7 Å². The minimum atomic E-state index is -1.38. The van der Waals surface area contributed by atoms with Gasteiger partial charge in [0.1, 0.15) is 17.2 Å². The number of nitrogens with zero attached hydrogens (tertiary/aromatic N) is 2. The van der Waals surface area contributed by atoms with Crippen molar-refractivity contribution in [2.45, 2.75) is 71.2 Å². The second-order valence-corrected chi connectivity index (χ2v) is 11.7. The minimum Gasteiger partial charge on any atom is -0.464 e. The van der Waals surface area contributed by atoms with Crippen LogP contribution in [0.3, 0.4) is 0 Å². The first-order valence-electron chi connectivity index (χ1n) is 13.2. The van der Waals surface area contributed by atoms with E-state index in [1.54, 1.807) is 44.4 Å². The molecule has 0 saturated carbocycles. The number of hydrogen-bond acceptors (Lipinski definition) is 8. The van der Waals surface area contributed by atoms with Gasteiger partial charge in [-0.1, -0.05) is 30.3 Å². The van der Waals surface area contributed by atoms with Gasteiger partial charge in [0.2, 0.25) is 11.8 Å². The number of aromatic nitrogens is 2. The number of benzene rings is 1. The van der Waals surface area contributed by atoms with Gasteiger partial charge in [0.15, 0.2) is 11.9 Å². The average molecular weight is 584 g/mol. The van der Waals surface area contributed by atoms with Gasteiger partial charge < -0.3 is 30.0 Å². The molecular weight excluding hydrogens is 546 g/mol. The first-order valence-corrected chi connectivity index (χ1v) is 14.1. The number of ether oxygens (including phenoxy) is 2. The Bertz CT molecular complexity index is 1330. The van der Waals surface area contributed by atoms with Crippen LogP contribution in [0.5, 0.6) is 0 Å². The second-order valence-electron chi connectivity index (χ2n) is 10.9. The summed E-state index contributed by atoms with van der Waals surface area (Å²) in [6.45, 7) is 10.1. The van der Waals surface area contributed by atoms with Crippen molar-refractivity contribution in [3.63, 3.8) is 0 Å². The Morgan fingerprint density at radius 1 is 1.05 bits per heavy atom. The molecule has 0 aliphatic heterocycles. The van der Waals surface area contributed by atoms with Crippen LogP contribution in [0.2, 0.25) is 0 Å². The zero-order valence-corrected chi connectivity index (χ0v) is 24.9. The topological polar surface area (TPSA) is 141 Å². The Labute approximate surface area is 243 Å². The number of alkyl carbamates (subject to hydrolysis) is 1. The van der Waals surface area contributed by atoms with Crippen LogP contribution >= 0.6 is 11.3 Å². The fraction of sp³-hybridized carbons (Fsp3) is 0.414. The van der Waals surface area contributed by atoms with E-state index in [-0.39, 0.29) is 18.8 Å². The van der Waals surface area contributed by atoms with Gasteiger partial charge in [0.05, 0.1) is 12.9 Å². The van der Waals surface area contributed by atoms with Crippen molar-refractivity contribution in [3.05, 3.63) is 70.8 Å². The molecule has 2 atom stereocenters. The molecule has 2 aromatic heterocycles. The predicted molar refractivity (Wildman–Crippen MR) is 155 cm³/mol. The maximum absolute atomic E-state index is 13.4. The third-order valence-corrected chi connectivity index (χ3v) is 6.53. The lowest BCUT2D eigenvalue weighted by Crippen LogP contribution is -2.59. The molecule has 11 nitrogen and oxygen atoms in total. The van der Waals surface area contributed by atoms with Gasteiger partial charge in [-0.05, 0) is 69.5 Å². The molecule has 3 amide bonds. The van der Waals surface area contributed by atoms with E-state index in [2.05, 4.69) is 20.9 Å². The lowest BCUT2D eigenvalue weighted by Gasteiger charge is -2.29. The van der Waals surface area contributed by atoms with Crippen LogP contribution in [0.4, 0.5) is 10.6 Å². The summed E-state index contributed by atoms with van der Waals surface area (Å²) < 4.78 is 12.1. The molecular formula is C29H37N5O6S. The summed E-state index contributed by atoms with van der Waals surface area (Å²) in [6.07, 6.45) is 2.42. The molecule has 220 valence electrons. The van der Waals surface area contributed by atoms with E-state index < -0.39 is 47.1 Å². The summed E-state index contributed by atoms with van der Waals surface area (Å²) in [4.78, 5) is 56.0. The highest BCUT2D eigenvalue weighted by molar-refractivity contribution is 7.07. The van der Waals surface area contributed by atoms with Crippen LogP contribution in [0, 0.1) is 0 Å². The maximum Gasteiger partial charge on any atom is 0.408 e. The molecule has 0 radical (unpaired) electrons. The number of nitrogens with one attached hydrogen (secondary N) is 3. The van der Waals surface area contributed by atoms with Gasteiger partial charge in [0.25, 0.3) is 0 Å². The second kappa shape index (κ2) is 13.4. The monoisotopic (exact) mass is 583 g/mol. The van der Waals surface area contributed by atoms with Crippen LogP contribution in [-0.2, 0) is 30.3 Å². The molecule has 3 rings (SSSR count). The summed E-state index contributed by atoms with van der Waals surface area (Å²) >= 11 is 1.47. The molecule has 0 fully saturated rings. The summed E-state index contributed by atoms with van der Waals surface area (Å²) in [6, 6.07) is 9.17. The molecule has 3 aromatic rings. The van der Waals surface area contributed by atoms with E-state index >= 15 is 0 Å². The lowest BCUT2D eigenvalue weighted by atomic mass is 10.0. The van der Waals surface area contributed by atoms with Crippen molar-refractivity contribution < 1.29 is 28.7 Å². The number of carbonyl (C=O) groups excluding carboxylic acids is 4. The normalized spacial score (nSPS) is 13.0. The highest BCUT2D eigenvalue weighted by Crippen LogP contribution is 2.22. The first kappa shape index (κ1) is 31.3. The Morgan fingerprint density at radius 2 is 1.76 bits per heavy atom. The van der Waals surface area contributed by atoms with Crippen molar-refractivity contribution >= 4 is 41.0 Å². The van der Waals surface area contributed by atoms with E-state index in [4.69, 9.17) is 9.47 Å². The largest absolute Gasteiger partial charge is 0.464 e. The number of anilines is 1. The number of imidazole rings is 1. The van der Waals surface area contributed by atoms with E-state index in [1.807, 2.05) is 35.0 Å². The number of carbonyl (C=O) groups is 4. The summed E-state index contributed by atoms with van der Waals surface area (Å²) in [5.41, 5.74) is -0.567. The number of hydrogen-bond donors (Lipinski definition) is 3. The molecule has 0 spiro atoms. The fourth-order valence-electron chi connectivity index (χ4n) is 3.85. The van der Waals surface area contributed by atoms with Crippen molar-refractivity contribution in [3.8, 4) is 0 Å². The number of esters is 1. The van der Waals surface area contributed by atoms with Gasteiger partial charge >= 0.3 is 12.1 Å². The Balaban J connectivity index is 1.78. The third kappa shape index (κ3) is 9.17. The smallest absolute Gasteiger partial charge is 0.408 e. The number of amides is 3. The highest BCUT2D eigenvalue weighted by Gasteiger charge is 2.35. The number of rotatable bonds is 11. The Hall–Kier alpha value is -4.19. The molecule has 0 unspecified atom stereocenters. The minimum absolute atomic E-state index is 0.191. The van der Waals surface area contributed by atoms with Gasteiger partial charge in [-0.2, -0.15) is 11.3 Å². The SMILES string of the molecule is CCOC(=O)[C@@H](c1ccccc1)n1cnc(NC(=O)[C@@H](Cc2ccsc2)NC(=O)C(C)(C)NC(=O)OC(C)(C)C)c1. The van der Waals surface area contributed by atoms with Gasteiger partial charge in [-0.3, -0.25) is 9.59 Å². The zero-order valence-electron chi connectivity index (χ0n) is 24.1. The molecule has 12 heteroatoms. The standard InChI is InChI=1S/C29H37N5O6S/c1-7-39-25(36)23(20-11-9-8-10-12-20)34-16-22(30-18-34)32-24(35)21(15-19-13-14-41-17-19)31-26(37)29(5,6)33-27(38)40-28(2,3)4/h8-14,16-18,21,23H,7,15H2,1-6H3,(H,31,37)(H,32,35)(H,33,38)/t21-,23-/m1/s1. The van der Waals surface area contributed by atoms with Crippen LogP contribution in [-0.4, -0.2) is 57.2 Å². The Kier molecular flexibility index (Phi) is 10.3. The molecule has 0 bridgehead atoms. The molecule has 1 aromatic carbocycles. The summed E-state index contributed by atoms with van der Waals surface area (Å²) in [5.74, 6) is -1.36. The predicted octanol–water partition coefficient (Wildman–Crippen LogP) is 4.07. The van der Waals surface area contributed by atoms with Crippen LogP contribution in [0.15, 0.2) is 59.7 Å². The van der Waals surface area contributed by atoms with Crippen molar-refractivity contribution in [2.75, 3.05) is 11.9 Å². The molecule has 0 aliphatic rings. The maximum atomic E-state index is 13.4. The summed E-state index contributed by atoms with van der Waals surface area (Å²) in [5, 5.41) is 11.8. The van der Waals surface area contributed by atoms with Gasteiger partial charge in [0, 0.05) is 12.6 Å². The van der Waals surface area contributed by atoms with Crippen molar-refractivity contribution in [2.24, 2.45) is 0 Å². The molecule has 2 heterocycles. The fourth-order valence-corrected chi connectivity index (χ4v) is 4.53. The van der Waals surface area contributed by atoms with E-state index in [0.29, 0.717) is 5.56 Å². The summed E-state index contributed by atoms with van der Waals surface area (Å²) in [7, 11) is 0. The third-order valence-electron chi connectivity index (χ3n) is 5.80. The molecule has 0 aliphatic carbocycles. The lowest BCUT2D eigenvalue weighted by molar-refractivity contribution is -0.145. The molecule has 3 N–H and O–H groups in total. The number of thiophene rings is 1. The Morgan fingerprint density at radius 3 is 2.37 bits per heavy atom. The quantitative estimate of drug-likeness (QED) is 0.289. The van der Waals surface area contributed by atoms with Crippen molar-refractivity contribution in [1.29, 1.82) is 0 Å². The highest BCUT2D eigenvalue weighted by atomic mass is 32.1.